The highest BCUT2D eigenvalue weighted by atomic mass is 16.5. The average molecular weight is 985 g/mol. The molecule has 76 heavy (non-hydrogen) atoms. The van der Waals surface area contributed by atoms with Crippen molar-refractivity contribution in [1.82, 2.24) is 0 Å². The van der Waals surface area contributed by atoms with Crippen LogP contribution in [0.25, 0.3) is 88.7 Å². The van der Waals surface area contributed by atoms with Gasteiger partial charge in [-0.05, 0) is 234 Å². The van der Waals surface area contributed by atoms with Gasteiger partial charge < -0.3 is 9.15 Å². The van der Waals surface area contributed by atoms with Crippen LogP contribution in [0.4, 0.5) is 0 Å². The van der Waals surface area contributed by atoms with Gasteiger partial charge in [0, 0.05) is 10.8 Å². The van der Waals surface area contributed by atoms with Gasteiger partial charge >= 0.3 is 0 Å². The normalized spacial score (nSPS) is 12.1. The van der Waals surface area contributed by atoms with Gasteiger partial charge in [0.15, 0.2) is 0 Å². The molecule has 12 rings (SSSR count). The fourth-order valence-electron chi connectivity index (χ4n) is 10.9. The maximum Gasteiger partial charge on any atom is 0.136 e. The lowest BCUT2D eigenvalue weighted by atomic mass is 9.88. The Bertz CT molecular complexity index is 4010. The molecule has 0 bridgehead atoms. The molecule has 1 heterocycles. The standard InChI is InChI=1S/C67H56O2.C7H8/c1-42-17-10-13-22-55(42)61-40-54(41-66(47(61)6)68-63-25-15-11-18-46(63)5)57-24-16-26-65-67(57)62-39-52(33-34-64(62)69-65)51-32-29-45(4)60(38-51)59-37-50(31-28-44(59)3)49-30-27-43(2)58(36-49)56-23-14-12-21-53(56)35-48-19-8-7-9-20-48;1-7-5-3-2-4-6-7/h8,10-34,36-41H,7,9,35H2,1-6H3;2-6H,1H3. The Morgan fingerprint density at radius 2 is 0.934 bits per heavy atom. The fraction of sp³-hybridized carbons (Fsp3) is 0.135. The summed E-state index contributed by atoms with van der Waals surface area (Å²) >= 11 is 0. The van der Waals surface area contributed by atoms with E-state index in [1.54, 1.807) is 0 Å². The Labute approximate surface area is 449 Å². The maximum atomic E-state index is 6.79. The minimum Gasteiger partial charge on any atom is -0.457 e. The minimum absolute atomic E-state index is 0.839. The number of aryl methyl sites for hydroxylation is 6. The van der Waals surface area contributed by atoms with Gasteiger partial charge in [0.05, 0.1) is 0 Å². The second-order valence-electron chi connectivity index (χ2n) is 20.7. The number of hydrogen-bond acceptors (Lipinski definition) is 2. The Morgan fingerprint density at radius 1 is 0.382 bits per heavy atom. The number of hydrogen-bond donors (Lipinski definition) is 0. The highest BCUT2D eigenvalue weighted by Crippen LogP contribution is 2.45. The van der Waals surface area contributed by atoms with E-state index in [4.69, 9.17) is 9.15 Å². The number of fused-ring (bicyclic) bond motifs is 3. The highest BCUT2D eigenvalue weighted by molar-refractivity contribution is 6.13. The van der Waals surface area contributed by atoms with Gasteiger partial charge in [0.2, 0.25) is 0 Å². The molecule has 0 amide bonds. The van der Waals surface area contributed by atoms with Crippen molar-refractivity contribution in [2.75, 3.05) is 0 Å². The van der Waals surface area contributed by atoms with E-state index in [1.807, 2.05) is 30.3 Å². The van der Waals surface area contributed by atoms with E-state index < -0.39 is 0 Å². The summed E-state index contributed by atoms with van der Waals surface area (Å²) in [4.78, 5) is 0. The first-order valence-electron chi connectivity index (χ1n) is 26.7. The van der Waals surface area contributed by atoms with E-state index in [0.29, 0.717) is 0 Å². The van der Waals surface area contributed by atoms with E-state index in [0.717, 1.165) is 91.6 Å². The van der Waals surface area contributed by atoms with Crippen molar-refractivity contribution in [3.05, 3.63) is 275 Å². The summed E-state index contributed by atoms with van der Waals surface area (Å²) in [6, 6.07) is 74.4. The molecule has 1 aliphatic carbocycles. The molecular formula is C74H64O2. The lowest BCUT2D eigenvalue weighted by Gasteiger charge is -2.18. The van der Waals surface area contributed by atoms with Crippen LogP contribution in [0.5, 0.6) is 11.5 Å². The molecule has 0 saturated carbocycles. The van der Waals surface area contributed by atoms with Crippen LogP contribution < -0.4 is 4.74 Å². The molecule has 1 aromatic heterocycles. The monoisotopic (exact) mass is 984 g/mol. The third-order valence-corrected chi connectivity index (χ3v) is 15.3. The van der Waals surface area contributed by atoms with Gasteiger partial charge in [0.1, 0.15) is 22.7 Å². The summed E-state index contributed by atoms with van der Waals surface area (Å²) in [7, 11) is 0. The second kappa shape index (κ2) is 21.6. The lowest BCUT2D eigenvalue weighted by Crippen LogP contribution is -1.96. The zero-order valence-corrected chi connectivity index (χ0v) is 44.8. The lowest BCUT2D eigenvalue weighted by molar-refractivity contribution is 0.476. The smallest absolute Gasteiger partial charge is 0.136 e. The third-order valence-electron chi connectivity index (χ3n) is 15.3. The molecule has 10 aromatic carbocycles. The molecular weight excluding hydrogens is 921 g/mol. The zero-order chi connectivity index (χ0) is 52.3. The molecule has 0 unspecified atom stereocenters. The first-order valence-corrected chi connectivity index (χ1v) is 26.7. The quantitative estimate of drug-likeness (QED) is 0.136. The molecule has 11 aromatic rings. The molecule has 0 radical (unpaired) electrons. The van der Waals surface area contributed by atoms with Crippen LogP contribution in [-0.2, 0) is 6.42 Å². The first kappa shape index (κ1) is 49.5. The van der Waals surface area contributed by atoms with Crippen LogP contribution in [-0.4, -0.2) is 0 Å². The number of benzene rings is 10. The Kier molecular flexibility index (Phi) is 14.1. The van der Waals surface area contributed by atoms with Gasteiger partial charge in [-0.3, -0.25) is 0 Å². The van der Waals surface area contributed by atoms with E-state index in [9.17, 15) is 0 Å². The SMILES string of the molecule is Cc1ccccc1.Cc1ccccc1Oc1cc(-c2cccc3oc4ccc(-c5ccc(C)c(-c6cc(-c7ccc(C)c(-c8ccccc8CC8=CCCC=C8)c7)ccc6C)c5)cc4c23)cc(-c2ccccc2C)c1C. The van der Waals surface area contributed by atoms with Gasteiger partial charge in [0.25, 0.3) is 0 Å². The van der Waals surface area contributed by atoms with E-state index in [2.05, 4.69) is 243 Å². The van der Waals surface area contributed by atoms with Crippen LogP contribution in [0.3, 0.4) is 0 Å². The predicted octanol–water partition coefficient (Wildman–Crippen LogP) is 21.0. The zero-order valence-electron chi connectivity index (χ0n) is 44.8. The molecule has 0 fully saturated rings. The van der Waals surface area contributed by atoms with Crippen molar-refractivity contribution in [3.63, 3.8) is 0 Å². The molecule has 0 N–H and O–H groups in total. The second-order valence-corrected chi connectivity index (χ2v) is 20.7. The van der Waals surface area contributed by atoms with Crippen molar-refractivity contribution < 1.29 is 9.15 Å². The molecule has 1 aliphatic rings. The van der Waals surface area contributed by atoms with Gasteiger partial charge in [-0.25, -0.2) is 0 Å². The van der Waals surface area contributed by atoms with Gasteiger partial charge in [-0.15, -0.1) is 0 Å². The van der Waals surface area contributed by atoms with Crippen LogP contribution >= 0.6 is 0 Å². The van der Waals surface area contributed by atoms with Crippen molar-refractivity contribution in [3.8, 4) is 78.3 Å². The molecule has 2 nitrogen and oxygen atoms in total. The number of para-hydroxylation sites is 1. The Hall–Kier alpha value is -8.72. The van der Waals surface area contributed by atoms with E-state index in [-0.39, 0.29) is 0 Å². The minimum atomic E-state index is 0.839. The van der Waals surface area contributed by atoms with Crippen molar-refractivity contribution in [2.24, 2.45) is 0 Å². The molecule has 0 saturated heterocycles. The topological polar surface area (TPSA) is 22.4 Å². The van der Waals surface area contributed by atoms with Crippen LogP contribution in [0, 0.1) is 48.5 Å². The van der Waals surface area contributed by atoms with Crippen molar-refractivity contribution in [2.45, 2.75) is 67.7 Å². The van der Waals surface area contributed by atoms with E-state index >= 15 is 0 Å². The number of ether oxygens (including phenoxy) is 1. The molecule has 2 heteroatoms. The summed E-state index contributed by atoms with van der Waals surface area (Å²) in [5, 5.41) is 2.18. The summed E-state index contributed by atoms with van der Waals surface area (Å²) in [6.45, 7) is 15.2. The first-order chi connectivity index (χ1) is 37.1. The van der Waals surface area contributed by atoms with Gasteiger partial charge in [-0.1, -0.05) is 175 Å². The van der Waals surface area contributed by atoms with Crippen molar-refractivity contribution >= 4 is 21.9 Å². The van der Waals surface area contributed by atoms with Crippen LogP contribution in [0.1, 0.15) is 57.3 Å². The summed E-state index contributed by atoms with van der Waals surface area (Å²) in [5.41, 5.74) is 27.4. The van der Waals surface area contributed by atoms with Crippen LogP contribution in [0.2, 0.25) is 0 Å². The molecule has 372 valence electrons. The molecule has 0 aliphatic heterocycles. The molecule has 0 spiro atoms. The Morgan fingerprint density at radius 3 is 1.57 bits per heavy atom. The summed E-state index contributed by atoms with van der Waals surface area (Å²) in [5.74, 6) is 1.69. The maximum absolute atomic E-state index is 6.79. The molecule has 0 atom stereocenters. The number of rotatable bonds is 10. The fourth-order valence-corrected chi connectivity index (χ4v) is 10.9. The highest BCUT2D eigenvalue weighted by Gasteiger charge is 2.20. The average Bonchev–Trinajstić information content (AvgIpc) is 3.88. The number of allylic oxidation sites excluding steroid dienone is 4. The van der Waals surface area contributed by atoms with Crippen LogP contribution in [0.15, 0.2) is 234 Å². The third kappa shape index (κ3) is 10.2. The predicted molar refractivity (Wildman–Crippen MR) is 323 cm³/mol. The van der Waals surface area contributed by atoms with E-state index in [1.165, 1.54) is 77.9 Å². The van der Waals surface area contributed by atoms with Crippen molar-refractivity contribution in [1.29, 1.82) is 0 Å². The number of furan rings is 1. The summed E-state index contributed by atoms with van der Waals surface area (Å²) < 4.78 is 13.4. The largest absolute Gasteiger partial charge is 0.457 e. The Balaban J connectivity index is 0.000000816. The summed E-state index contributed by atoms with van der Waals surface area (Å²) in [6.07, 6.45) is 10.2. The van der Waals surface area contributed by atoms with Gasteiger partial charge in [-0.2, -0.15) is 0 Å².